The minimum Gasteiger partial charge on any atom is -0.483 e. The molecule has 0 saturated carbocycles. The molecule has 9 nitrogen and oxygen atoms in total. The van der Waals surface area contributed by atoms with Crippen molar-refractivity contribution in [1.82, 2.24) is 0 Å². The standard InChI is InChI=1S/C32H28ClNO8/c33-23-11-15-25(16-12-23)39-29-28-27(20-38-31(42-28)22-9-5-2-6-10-22)41-32(37-19-21-7-3-1-4-8-21)30(29)40-26-17-13-24(14-18-26)34(35)36/h1-18,27-32H,19-20H2/t27?,28-,29?,30?,31?,32+/m1/s1. The number of hydrogen-bond acceptors (Lipinski definition) is 8. The highest BCUT2D eigenvalue weighted by atomic mass is 35.5. The van der Waals surface area contributed by atoms with Gasteiger partial charge >= 0.3 is 0 Å². The van der Waals surface area contributed by atoms with E-state index in [2.05, 4.69) is 0 Å². The summed E-state index contributed by atoms with van der Waals surface area (Å²) >= 11 is 6.14. The van der Waals surface area contributed by atoms with Crippen LogP contribution >= 0.6 is 11.6 Å². The molecule has 0 amide bonds. The van der Waals surface area contributed by atoms with Crippen molar-refractivity contribution in [2.24, 2.45) is 0 Å². The molecule has 2 aliphatic heterocycles. The van der Waals surface area contributed by atoms with Crippen molar-refractivity contribution in [3.05, 3.63) is 135 Å². The third kappa shape index (κ3) is 6.56. The second kappa shape index (κ2) is 12.9. The fourth-order valence-electron chi connectivity index (χ4n) is 4.95. The van der Waals surface area contributed by atoms with Gasteiger partial charge in [0.2, 0.25) is 0 Å². The molecule has 0 N–H and O–H groups in total. The maximum atomic E-state index is 11.2. The van der Waals surface area contributed by atoms with E-state index in [0.29, 0.717) is 16.5 Å². The largest absolute Gasteiger partial charge is 0.483 e. The van der Waals surface area contributed by atoms with Crippen molar-refractivity contribution in [2.45, 2.75) is 43.6 Å². The third-order valence-corrected chi connectivity index (χ3v) is 7.27. The summed E-state index contributed by atoms with van der Waals surface area (Å²) in [7, 11) is 0. The average Bonchev–Trinajstić information content (AvgIpc) is 3.03. The van der Waals surface area contributed by atoms with Crippen molar-refractivity contribution in [1.29, 1.82) is 0 Å². The van der Waals surface area contributed by atoms with E-state index in [1.54, 1.807) is 24.3 Å². The molecule has 6 atom stereocenters. The van der Waals surface area contributed by atoms with Gasteiger partial charge in [-0.05, 0) is 42.0 Å². The maximum absolute atomic E-state index is 11.2. The van der Waals surface area contributed by atoms with Crippen LogP contribution < -0.4 is 9.47 Å². The molecule has 0 radical (unpaired) electrons. The van der Waals surface area contributed by atoms with Gasteiger partial charge in [-0.25, -0.2) is 0 Å². The molecule has 2 heterocycles. The molecule has 10 heteroatoms. The monoisotopic (exact) mass is 589 g/mol. The summed E-state index contributed by atoms with van der Waals surface area (Å²) in [6.07, 6.45) is -4.23. The fourth-order valence-corrected chi connectivity index (χ4v) is 5.07. The number of nitro benzene ring substituents is 1. The molecule has 0 aromatic heterocycles. The number of hydrogen-bond donors (Lipinski definition) is 0. The average molecular weight is 590 g/mol. The van der Waals surface area contributed by atoms with Crippen LogP contribution in [0.4, 0.5) is 5.69 Å². The zero-order valence-corrected chi connectivity index (χ0v) is 23.1. The molecule has 4 aromatic rings. The predicted molar refractivity (Wildman–Crippen MR) is 153 cm³/mol. The number of ether oxygens (including phenoxy) is 6. The van der Waals surface area contributed by atoms with Gasteiger partial charge in [-0.3, -0.25) is 10.1 Å². The smallest absolute Gasteiger partial charge is 0.269 e. The molecule has 4 unspecified atom stereocenters. The molecule has 42 heavy (non-hydrogen) atoms. The topological polar surface area (TPSA) is 98.5 Å². The molecule has 2 saturated heterocycles. The molecule has 6 rings (SSSR count). The lowest BCUT2D eigenvalue weighted by atomic mass is 9.97. The van der Waals surface area contributed by atoms with Crippen molar-refractivity contribution in [2.75, 3.05) is 6.61 Å². The van der Waals surface area contributed by atoms with Gasteiger partial charge in [-0.15, -0.1) is 0 Å². The molecule has 0 bridgehead atoms. The lowest BCUT2D eigenvalue weighted by molar-refractivity contribution is -0.384. The van der Waals surface area contributed by atoms with Gasteiger partial charge in [0, 0.05) is 22.7 Å². The van der Waals surface area contributed by atoms with Gasteiger partial charge in [0.1, 0.15) is 23.7 Å². The first-order valence-corrected chi connectivity index (χ1v) is 13.9. The fraction of sp³-hybridized carbons (Fsp3) is 0.250. The van der Waals surface area contributed by atoms with Crippen molar-refractivity contribution >= 4 is 17.3 Å². The highest BCUT2D eigenvalue weighted by molar-refractivity contribution is 6.30. The second-order valence-electron chi connectivity index (χ2n) is 9.89. The summed E-state index contributed by atoms with van der Waals surface area (Å²) in [5.41, 5.74) is 1.76. The molecule has 216 valence electrons. The van der Waals surface area contributed by atoms with E-state index < -0.39 is 41.9 Å². The van der Waals surface area contributed by atoms with E-state index in [-0.39, 0.29) is 18.9 Å². The Hall–Kier alpha value is -3.99. The highest BCUT2D eigenvalue weighted by Crippen LogP contribution is 2.38. The first-order valence-electron chi connectivity index (χ1n) is 13.5. The highest BCUT2D eigenvalue weighted by Gasteiger charge is 2.53. The quantitative estimate of drug-likeness (QED) is 0.161. The van der Waals surface area contributed by atoms with Crippen LogP contribution in [-0.2, 0) is 25.6 Å². The number of rotatable bonds is 9. The number of nitrogens with zero attached hydrogens (tertiary/aromatic N) is 1. The lowest BCUT2D eigenvalue weighted by Crippen LogP contribution is -2.65. The van der Waals surface area contributed by atoms with E-state index in [9.17, 15) is 10.1 Å². The SMILES string of the molecule is O=[N+]([O-])c1ccc(OC2C(Oc3ccc(Cl)cc3)[C@@H]3OC(c4ccccc4)OCC3O[C@@H]2OCc2ccccc2)cc1. The summed E-state index contributed by atoms with van der Waals surface area (Å²) in [6, 6.07) is 32.2. The third-order valence-electron chi connectivity index (χ3n) is 7.02. The van der Waals surface area contributed by atoms with Crippen LogP contribution in [-0.4, -0.2) is 42.2 Å². The summed E-state index contributed by atoms with van der Waals surface area (Å²) in [5, 5.41) is 11.8. The molecule has 0 aliphatic carbocycles. The Bertz CT molecular complexity index is 1460. The van der Waals surface area contributed by atoms with Crippen LogP contribution in [0.2, 0.25) is 5.02 Å². The molecule has 0 spiro atoms. The summed E-state index contributed by atoms with van der Waals surface area (Å²) in [5.74, 6) is 0.938. The minimum absolute atomic E-state index is 0.0494. The Morgan fingerprint density at radius 1 is 0.786 bits per heavy atom. The van der Waals surface area contributed by atoms with E-state index in [4.69, 9.17) is 40.0 Å². The number of fused-ring (bicyclic) bond motifs is 1. The van der Waals surface area contributed by atoms with Gasteiger partial charge in [-0.1, -0.05) is 72.3 Å². The molecule has 4 aromatic carbocycles. The van der Waals surface area contributed by atoms with Crippen molar-refractivity contribution < 1.29 is 33.3 Å². The lowest BCUT2D eigenvalue weighted by Gasteiger charge is -2.48. The van der Waals surface area contributed by atoms with Gasteiger partial charge in [0.15, 0.2) is 24.8 Å². The van der Waals surface area contributed by atoms with Crippen LogP contribution in [0.5, 0.6) is 11.5 Å². The molecule has 2 fully saturated rings. The first kappa shape index (κ1) is 28.1. The van der Waals surface area contributed by atoms with Crippen LogP contribution in [0.3, 0.4) is 0 Å². The van der Waals surface area contributed by atoms with Crippen molar-refractivity contribution in [3.63, 3.8) is 0 Å². The molecular weight excluding hydrogens is 562 g/mol. The number of nitro groups is 1. The van der Waals surface area contributed by atoms with Gasteiger partial charge in [0.05, 0.1) is 18.1 Å². The van der Waals surface area contributed by atoms with E-state index in [1.165, 1.54) is 24.3 Å². The Morgan fingerprint density at radius 2 is 1.40 bits per heavy atom. The Balaban J connectivity index is 1.34. The summed E-state index contributed by atoms with van der Waals surface area (Å²) in [6.45, 7) is 0.491. The van der Waals surface area contributed by atoms with Crippen molar-refractivity contribution in [3.8, 4) is 11.5 Å². The number of halogens is 1. The van der Waals surface area contributed by atoms with E-state index in [1.807, 2.05) is 60.7 Å². The van der Waals surface area contributed by atoms with Crippen LogP contribution in [0, 0.1) is 10.1 Å². The van der Waals surface area contributed by atoms with Crippen LogP contribution in [0.1, 0.15) is 17.4 Å². The maximum Gasteiger partial charge on any atom is 0.269 e. The minimum atomic E-state index is -0.889. The molecule has 2 aliphatic rings. The van der Waals surface area contributed by atoms with E-state index >= 15 is 0 Å². The van der Waals surface area contributed by atoms with Gasteiger partial charge in [0.25, 0.3) is 5.69 Å². The van der Waals surface area contributed by atoms with E-state index in [0.717, 1.165) is 11.1 Å². The number of benzene rings is 4. The normalized spacial score (nSPS) is 25.3. The predicted octanol–water partition coefficient (Wildman–Crippen LogP) is 6.50. The zero-order chi connectivity index (χ0) is 28.9. The zero-order valence-electron chi connectivity index (χ0n) is 22.4. The van der Waals surface area contributed by atoms with Crippen LogP contribution in [0.25, 0.3) is 0 Å². The number of non-ortho nitro benzene ring substituents is 1. The second-order valence-corrected chi connectivity index (χ2v) is 10.3. The Morgan fingerprint density at radius 3 is 2.07 bits per heavy atom. The summed E-state index contributed by atoms with van der Waals surface area (Å²) < 4.78 is 38.3. The Kier molecular flexibility index (Phi) is 8.64. The molecular formula is C32H28ClNO8. The van der Waals surface area contributed by atoms with Gasteiger partial charge in [-0.2, -0.15) is 0 Å². The van der Waals surface area contributed by atoms with Crippen LogP contribution in [0.15, 0.2) is 109 Å². The Labute approximate surface area is 247 Å². The summed E-state index contributed by atoms with van der Waals surface area (Å²) in [4.78, 5) is 10.8. The van der Waals surface area contributed by atoms with Gasteiger partial charge < -0.3 is 28.4 Å². The first-order chi connectivity index (χ1) is 20.5.